The van der Waals surface area contributed by atoms with Crippen molar-refractivity contribution in [1.82, 2.24) is 20.4 Å². The number of urea groups is 1. The van der Waals surface area contributed by atoms with Crippen LogP contribution in [0.3, 0.4) is 0 Å². The van der Waals surface area contributed by atoms with Crippen molar-refractivity contribution in [2.24, 2.45) is 17.3 Å². The average Bonchev–Trinajstić information content (AvgIpc) is 2.59. The Balaban J connectivity index is 1.59. The molecule has 0 aromatic rings. The van der Waals surface area contributed by atoms with Crippen LogP contribution in [-0.2, 0) is 0 Å². The Bertz CT molecular complexity index is 482. The molecule has 24 heavy (non-hydrogen) atoms. The predicted molar refractivity (Wildman–Crippen MR) is 98.0 cm³/mol. The quantitative estimate of drug-likeness (QED) is 0.730. The minimum atomic E-state index is 0.0905. The van der Waals surface area contributed by atoms with E-state index in [9.17, 15) is 4.79 Å². The van der Waals surface area contributed by atoms with E-state index in [1.807, 2.05) is 11.8 Å². The van der Waals surface area contributed by atoms with Gasteiger partial charge in [-0.05, 0) is 37.0 Å². The number of rotatable bonds is 6. The highest BCUT2D eigenvalue weighted by Gasteiger charge is 2.51. The SMILES string of the molecule is CCNC(=O)N(CCN1CCNCC1)CC1=CCC2CC1C2(C)C. The molecule has 0 spiro atoms. The van der Waals surface area contributed by atoms with E-state index < -0.39 is 0 Å². The summed E-state index contributed by atoms with van der Waals surface area (Å²) in [5, 5.41) is 6.39. The second-order valence-corrected chi connectivity index (χ2v) is 8.17. The maximum absolute atomic E-state index is 12.5. The molecular weight excluding hydrogens is 300 g/mol. The highest BCUT2D eigenvalue weighted by atomic mass is 16.2. The molecule has 1 saturated carbocycles. The van der Waals surface area contributed by atoms with E-state index in [2.05, 4.69) is 35.5 Å². The van der Waals surface area contributed by atoms with E-state index in [-0.39, 0.29) is 6.03 Å². The third-order valence-electron chi connectivity index (χ3n) is 6.47. The highest BCUT2D eigenvalue weighted by molar-refractivity contribution is 5.74. The number of fused-ring (bicyclic) bond motifs is 1. The molecule has 136 valence electrons. The molecule has 2 bridgehead atoms. The van der Waals surface area contributed by atoms with E-state index in [0.717, 1.165) is 51.7 Å². The zero-order chi connectivity index (χ0) is 17.2. The summed E-state index contributed by atoms with van der Waals surface area (Å²) in [6.07, 6.45) is 4.93. The summed E-state index contributed by atoms with van der Waals surface area (Å²) >= 11 is 0. The average molecular weight is 335 g/mol. The molecule has 4 rings (SSSR count). The standard InChI is InChI=1S/C19H34N4O/c1-4-21-18(24)23(12-11-22-9-7-20-8-10-22)14-15-5-6-16-13-17(15)19(16,2)3/h5,16-17,20H,4,6-14H2,1-3H3,(H,21,24). The molecule has 0 aromatic heterocycles. The molecule has 1 saturated heterocycles. The Morgan fingerprint density at radius 3 is 2.79 bits per heavy atom. The van der Waals surface area contributed by atoms with E-state index in [1.54, 1.807) is 0 Å². The van der Waals surface area contributed by atoms with Crippen LogP contribution in [0.15, 0.2) is 11.6 Å². The lowest BCUT2D eigenvalue weighted by Crippen LogP contribution is -2.52. The monoisotopic (exact) mass is 334 g/mol. The Morgan fingerprint density at radius 1 is 1.42 bits per heavy atom. The summed E-state index contributed by atoms with van der Waals surface area (Å²) in [6.45, 7) is 14.4. The van der Waals surface area contributed by atoms with E-state index in [1.165, 1.54) is 18.4 Å². The van der Waals surface area contributed by atoms with Crippen molar-refractivity contribution >= 4 is 6.03 Å². The predicted octanol–water partition coefficient (Wildman–Crippen LogP) is 1.92. The van der Waals surface area contributed by atoms with Crippen LogP contribution in [0.2, 0.25) is 0 Å². The molecule has 4 aliphatic rings. The summed E-state index contributed by atoms with van der Waals surface area (Å²) in [5.74, 6) is 1.53. The Labute approximate surface area is 146 Å². The van der Waals surface area contributed by atoms with Crippen LogP contribution in [0.5, 0.6) is 0 Å². The van der Waals surface area contributed by atoms with Crippen molar-refractivity contribution in [3.63, 3.8) is 0 Å². The number of nitrogens with zero attached hydrogens (tertiary/aromatic N) is 2. The molecule has 5 nitrogen and oxygen atoms in total. The molecule has 2 amide bonds. The summed E-state index contributed by atoms with van der Waals surface area (Å²) in [4.78, 5) is 17.0. The first-order valence-electron chi connectivity index (χ1n) is 9.67. The van der Waals surface area contributed by atoms with Crippen LogP contribution in [0.25, 0.3) is 0 Å². The zero-order valence-corrected chi connectivity index (χ0v) is 15.6. The van der Waals surface area contributed by atoms with Gasteiger partial charge in [-0.1, -0.05) is 25.5 Å². The lowest BCUT2D eigenvalue weighted by molar-refractivity contribution is -0.00978. The Hall–Kier alpha value is -1.07. The maximum atomic E-state index is 12.5. The van der Waals surface area contributed by atoms with Gasteiger partial charge in [-0.25, -0.2) is 4.79 Å². The van der Waals surface area contributed by atoms with Gasteiger partial charge in [-0.15, -0.1) is 0 Å². The summed E-state index contributed by atoms with van der Waals surface area (Å²) in [5.41, 5.74) is 1.92. The lowest BCUT2D eigenvalue weighted by atomic mass is 9.49. The molecule has 5 heteroatoms. The molecule has 2 N–H and O–H groups in total. The van der Waals surface area contributed by atoms with Gasteiger partial charge in [0, 0.05) is 52.4 Å². The van der Waals surface area contributed by atoms with Crippen LogP contribution in [-0.4, -0.2) is 68.2 Å². The zero-order valence-electron chi connectivity index (χ0n) is 15.6. The Morgan fingerprint density at radius 2 is 2.17 bits per heavy atom. The minimum absolute atomic E-state index is 0.0905. The van der Waals surface area contributed by atoms with Crippen LogP contribution < -0.4 is 10.6 Å². The molecule has 2 fully saturated rings. The number of carbonyl (C=O) groups is 1. The molecule has 1 aliphatic heterocycles. The number of allylic oxidation sites excluding steroid dienone is 1. The van der Waals surface area contributed by atoms with Gasteiger partial charge < -0.3 is 15.5 Å². The first-order chi connectivity index (χ1) is 11.5. The van der Waals surface area contributed by atoms with Gasteiger partial charge in [0.25, 0.3) is 0 Å². The largest absolute Gasteiger partial charge is 0.338 e. The van der Waals surface area contributed by atoms with Crippen LogP contribution in [0.4, 0.5) is 4.79 Å². The van der Waals surface area contributed by atoms with Gasteiger partial charge in [-0.2, -0.15) is 0 Å². The van der Waals surface area contributed by atoms with E-state index >= 15 is 0 Å². The van der Waals surface area contributed by atoms with Crippen molar-refractivity contribution in [2.45, 2.75) is 33.6 Å². The van der Waals surface area contributed by atoms with Crippen LogP contribution in [0.1, 0.15) is 33.6 Å². The van der Waals surface area contributed by atoms with E-state index in [0.29, 0.717) is 17.9 Å². The number of piperazine rings is 1. The molecule has 2 unspecified atom stereocenters. The normalized spacial score (nSPS) is 28.7. The van der Waals surface area contributed by atoms with Gasteiger partial charge in [0.15, 0.2) is 0 Å². The summed E-state index contributed by atoms with van der Waals surface area (Å²) in [6, 6.07) is 0.0905. The number of nitrogens with one attached hydrogen (secondary N) is 2. The van der Waals surface area contributed by atoms with Crippen molar-refractivity contribution in [3.8, 4) is 0 Å². The minimum Gasteiger partial charge on any atom is -0.338 e. The summed E-state index contributed by atoms with van der Waals surface area (Å²) in [7, 11) is 0. The fourth-order valence-electron chi connectivity index (χ4n) is 4.59. The fraction of sp³-hybridized carbons (Fsp3) is 0.842. The molecule has 0 radical (unpaired) electrons. The van der Waals surface area contributed by atoms with Crippen molar-refractivity contribution in [1.29, 1.82) is 0 Å². The second-order valence-electron chi connectivity index (χ2n) is 8.17. The second kappa shape index (κ2) is 7.44. The van der Waals surface area contributed by atoms with Gasteiger partial charge >= 0.3 is 6.03 Å². The van der Waals surface area contributed by atoms with Crippen molar-refractivity contribution in [2.75, 3.05) is 52.4 Å². The first kappa shape index (κ1) is 17.7. The van der Waals surface area contributed by atoms with Crippen LogP contribution >= 0.6 is 0 Å². The van der Waals surface area contributed by atoms with Crippen molar-refractivity contribution in [3.05, 3.63) is 11.6 Å². The van der Waals surface area contributed by atoms with Gasteiger partial charge in [0.1, 0.15) is 0 Å². The molecule has 1 heterocycles. The van der Waals surface area contributed by atoms with Gasteiger partial charge in [0.2, 0.25) is 0 Å². The molecule has 0 aromatic carbocycles. The molecule has 2 atom stereocenters. The number of hydrogen-bond acceptors (Lipinski definition) is 3. The third-order valence-corrected chi connectivity index (χ3v) is 6.47. The smallest absolute Gasteiger partial charge is 0.317 e. The number of amides is 2. The summed E-state index contributed by atoms with van der Waals surface area (Å²) < 4.78 is 0. The number of hydrogen-bond donors (Lipinski definition) is 2. The van der Waals surface area contributed by atoms with Crippen molar-refractivity contribution < 1.29 is 4.79 Å². The lowest BCUT2D eigenvalue weighted by Gasteiger charge is -2.57. The first-order valence-corrected chi connectivity index (χ1v) is 9.67. The fourth-order valence-corrected chi connectivity index (χ4v) is 4.59. The van der Waals surface area contributed by atoms with E-state index in [4.69, 9.17) is 0 Å². The van der Waals surface area contributed by atoms with Gasteiger partial charge in [-0.3, -0.25) is 4.90 Å². The third kappa shape index (κ3) is 3.62. The number of carbonyl (C=O) groups excluding carboxylic acids is 1. The maximum Gasteiger partial charge on any atom is 0.317 e. The van der Waals surface area contributed by atoms with Crippen LogP contribution in [0, 0.1) is 17.3 Å². The topological polar surface area (TPSA) is 47.6 Å². The highest BCUT2D eigenvalue weighted by Crippen LogP contribution is 2.59. The van der Waals surface area contributed by atoms with Gasteiger partial charge in [0.05, 0.1) is 0 Å². The Kier molecular flexibility index (Phi) is 5.50. The molecular formula is C19H34N4O. The molecule has 3 aliphatic carbocycles.